The van der Waals surface area contributed by atoms with Crippen molar-refractivity contribution in [2.24, 2.45) is 0 Å². The van der Waals surface area contributed by atoms with Crippen molar-refractivity contribution in [3.63, 3.8) is 0 Å². The Hall–Kier alpha value is -2.19. The van der Waals surface area contributed by atoms with Crippen molar-refractivity contribution >= 4 is 11.8 Å². The molecule has 23 heavy (non-hydrogen) atoms. The molecule has 0 fully saturated rings. The molecule has 0 aliphatic carbocycles. The highest BCUT2D eigenvalue weighted by Crippen LogP contribution is 2.20. The standard InChI is InChI=1S/C15H18N6OS/c1-23-9-6-14-18-15(21(19-14)7-8-22)12-2-4-13(5-3-12)20-10-16-17-11-20/h2-5,10-11,22H,6-9H2,1H3. The van der Waals surface area contributed by atoms with E-state index in [1.54, 1.807) is 29.1 Å². The summed E-state index contributed by atoms with van der Waals surface area (Å²) in [6, 6.07) is 7.95. The van der Waals surface area contributed by atoms with Gasteiger partial charge in [0, 0.05) is 23.4 Å². The van der Waals surface area contributed by atoms with Crippen molar-refractivity contribution in [2.45, 2.75) is 13.0 Å². The molecule has 2 aromatic heterocycles. The molecule has 1 aromatic carbocycles. The van der Waals surface area contributed by atoms with Crippen LogP contribution in [0.1, 0.15) is 5.82 Å². The highest BCUT2D eigenvalue weighted by atomic mass is 32.2. The Balaban J connectivity index is 1.88. The highest BCUT2D eigenvalue weighted by Gasteiger charge is 2.12. The second-order valence-corrected chi connectivity index (χ2v) is 5.94. The monoisotopic (exact) mass is 330 g/mol. The summed E-state index contributed by atoms with van der Waals surface area (Å²) < 4.78 is 3.61. The van der Waals surface area contributed by atoms with E-state index in [4.69, 9.17) is 0 Å². The van der Waals surface area contributed by atoms with E-state index in [0.29, 0.717) is 6.54 Å². The number of aliphatic hydroxyl groups is 1. The highest BCUT2D eigenvalue weighted by molar-refractivity contribution is 7.98. The van der Waals surface area contributed by atoms with Crippen molar-refractivity contribution in [1.82, 2.24) is 29.5 Å². The quantitative estimate of drug-likeness (QED) is 0.706. The first kappa shape index (κ1) is 15.7. The average Bonchev–Trinajstić information content (AvgIpc) is 3.23. The lowest BCUT2D eigenvalue weighted by atomic mass is 10.2. The summed E-state index contributed by atoms with van der Waals surface area (Å²) in [5, 5.41) is 21.3. The Bertz CT molecular complexity index is 738. The maximum atomic E-state index is 9.24. The lowest BCUT2D eigenvalue weighted by Crippen LogP contribution is -2.06. The van der Waals surface area contributed by atoms with Gasteiger partial charge in [-0.1, -0.05) is 0 Å². The second kappa shape index (κ2) is 7.38. The Kier molecular flexibility index (Phi) is 5.04. The predicted molar refractivity (Wildman–Crippen MR) is 89.5 cm³/mol. The lowest BCUT2D eigenvalue weighted by molar-refractivity contribution is 0.270. The summed E-state index contributed by atoms with van der Waals surface area (Å²) in [5.74, 6) is 2.57. The molecule has 0 aliphatic heterocycles. The van der Waals surface area contributed by atoms with Crippen molar-refractivity contribution in [3.8, 4) is 17.1 Å². The third-order valence-electron chi connectivity index (χ3n) is 3.40. The number of hydrogen-bond donors (Lipinski definition) is 1. The van der Waals surface area contributed by atoms with Gasteiger partial charge in [-0.3, -0.25) is 4.57 Å². The van der Waals surface area contributed by atoms with Crippen LogP contribution in [0, 0.1) is 0 Å². The molecule has 0 spiro atoms. The molecular weight excluding hydrogens is 312 g/mol. The zero-order valence-electron chi connectivity index (χ0n) is 12.8. The van der Waals surface area contributed by atoms with Gasteiger partial charge in [0.2, 0.25) is 0 Å². The van der Waals surface area contributed by atoms with Crippen LogP contribution in [0.4, 0.5) is 0 Å². The maximum absolute atomic E-state index is 9.24. The minimum absolute atomic E-state index is 0.0388. The summed E-state index contributed by atoms with van der Waals surface area (Å²) in [5.41, 5.74) is 1.95. The van der Waals surface area contributed by atoms with E-state index in [2.05, 4.69) is 26.5 Å². The molecule has 0 amide bonds. The van der Waals surface area contributed by atoms with Gasteiger partial charge in [0.05, 0.1) is 13.2 Å². The molecule has 7 nitrogen and oxygen atoms in total. The number of aromatic nitrogens is 6. The fourth-order valence-electron chi connectivity index (χ4n) is 2.27. The smallest absolute Gasteiger partial charge is 0.158 e. The first-order chi connectivity index (χ1) is 11.3. The van der Waals surface area contributed by atoms with Gasteiger partial charge >= 0.3 is 0 Å². The molecule has 0 atom stereocenters. The maximum Gasteiger partial charge on any atom is 0.158 e. The van der Waals surface area contributed by atoms with Crippen LogP contribution in [0.3, 0.4) is 0 Å². The van der Waals surface area contributed by atoms with Gasteiger partial charge in [-0.05, 0) is 30.5 Å². The molecule has 2 heterocycles. The van der Waals surface area contributed by atoms with Crippen molar-refractivity contribution in [2.75, 3.05) is 18.6 Å². The first-order valence-electron chi connectivity index (χ1n) is 7.31. The number of benzene rings is 1. The summed E-state index contributed by atoms with van der Waals surface area (Å²) in [6.07, 6.45) is 6.20. The largest absolute Gasteiger partial charge is 0.394 e. The van der Waals surface area contributed by atoms with E-state index in [1.165, 1.54) is 0 Å². The summed E-state index contributed by atoms with van der Waals surface area (Å²) in [4.78, 5) is 4.62. The van der Waals surface area contributed by atoms with Crippen molar-refractivity contribution in [3.05, 3.63) is 42.7 Å². The lowest BCUT2D eigenvalue weighted by Gasteiger charge is -2.05. The Labute approximate surface area is 138 Å². The van der Waals surface area contributed by atoms with E-state index in [0.717, 1.165) is 35.1 Å². The molecule has 0 bridgehead atoms. The van der Waals surface area contributed by atoms with Crippen LogP contribution < -0.4 is 0 Å². The Morgan fingerprint density at radius 3 is 2.52 bits per heavy atom. The topological polar surface area (TPSA) is 81.7 Å². The van der Waals surface area contributed by atoms with E-state index in [9.17, 15) is 5.11 Å². The van der Waals surface area contributed by atoms with Gasteiger partial charge < -0.3 is 5.11 Å². The molecule has 8 heteroatoms. The van der Waals surface area contributed by atoms with Crippen LogP contribution in [0.2, 0.25) is 0 Å². The fraction of sp³-hybridized carbons (Fsp3) is 0.333. The number of hydrogen-bond acceptors (Lipinski definition) is 6. The van der Waals surface area contributed by atoms with Gasteiger partial charge in [0.15, 0.2) is 11.6 Å². The summed E-state index contributed by atoms with van der Waals surface area (Å²) in [7, 11) is 0. The second-order valence-electron chi connectivity index (χ2n) is 4.96. The van der Waals surface area contributed by atoms with Crippen LogP contribution >= 0.6 is 11.8 Å². The molecule has 3 aromatic rings. The van der Waals surface area contributed by atoms with Crippen LogP contribution in [-0.4, -0.2) is 53.3 Å². The fourth-order valence-corrected chi connectivity index (χ4v) is 2.66. The van der Waals surface area contributed by atoms with Crippen LogP contribution in [-0.2, 0) is 13.0 Å². The van der Waals surface area contributed by atoms with E-state index in [1.807, 2.05) is 28.8 Å². The number of nitrogens with zero attached hydrogens (tertiary/aromatic N) is 6. The third kappa shape index (κ3) is 3.59. The molecule has 0 radical (unpaired) electrons. The molecule has 3 rings (SSSR count). The third-order valence-corrected chi connectivity index (χ3v) is 4.01. The Morgan fingerprint density at radius 1 is 1.13 bits per heavy atom. The number of aliphatic hydroxyl groups excluding tert-OH is 1. The number of thioether (sulfide) groups is 1. The van der Waals surface area contributed by atoms with Gasteiger partial charge in [-0.2, -0.15) is 16.9 Å². The molecule has 0 saturated heterocycles. The van der Waals surface area contributed by atoms with Gasteiger partial charge in [0.1, 0.15) is 12.7 Å². The SMILES string of the molecule is CSCCc1nc(-c2ccc(-n3cnnc3)cc2)n(CCO)n1. The first-order valence-corrected chi connectivity index (χ1v) is 8.70. The molecule has 0 unspecified atom stereocenters. The van der Waals surface area contributed by atoms with Crippen LogP contribution in [0.25, 0.3) is 17.1 Å². The molecule has 0 aliphatic rings. The van der Waals surface area contributed by atoms with E-state index >= 15 is 0 Å². The summed E-state index contributed by atoms with van der Waals surface area (Å²) >= 11 is 1.77. The molecule has 120 valence electrons. The zero-order chi connectivity index (χ0) is 16.1. The van der Waals surface area contributed by atoms with Crippen LogP contribution in [0.15, 0.2) is 36.9 Å². The minimum Gasteiger partial charge on any atom is -0.394 e. The molecule has 1 N–H and O–H groups in total. The van der Waals surface area contributed by atoms with Gasteiger partial charge in [-0.15, -0.1) is 10.2 Å². The molecule has 0 saturated carbocycles. The minimum atomic E-state index is 0.0388. The number of aryl methyl sites for hydroxylation is 1. The zero-order valence-corrected chi connectivity index (χ0v) is 13.6. The van der Waals surface area contributed by atoms with Gasteiger partial charge in [0.25, 0.3) is 0 Å². The van der Waals surface area contributed by atoms with Crippen molar-refractivity contribution in [1.29, 1.82) is 0 Å². The summed E-state index contributed by atoms with van der Waals surface area (Å²) in [6.45, 7) is 0.478. The Morgan fingerprint density at radius 2 is 1.87 bits per heavy atom. The predicted octanol–water partition coefficient (Wildman–Crippen LogP) is 1.42. The van der Waals surface area contributed by atoms with Crippen molar-refractivity contribution < 1.29 is 5.11 Å². The van der Waals surface area contributed by atoms with Crippen LogP contribution in [0.5, 0.6) is 0 Å². The van der Waals surface area contributed by atoms with Gasteiger partial charge in [-0.25, -0.2) is 9.67 Å². The van der Waals surface area contributed by atoms with E-state index < -0.39 is 0 Å². The normalized spacial score (nSPS) is 11.0. The molecular formula is C15H18N6OS. The average molecular weight is 330 g/mol. The van der Waals surface area contributed by atoms with E-state index in [-0.39, 0.29) is 6.61 Å². The number of rotatable bonds is 7.